The highest BCUT2D eigenvalue weighted by Crippen LogP contribution is 2.22. The second-order valence-electron chi connectivity index (χ2n) is 5.30. The second-order valence-corrected chi connectivity index (χ2v) is 5.30. The minimum Gasteiger partial charge on any atom is -0.480 e. The van der Waals surface area contributed by atoms with Crippen LogP contribution in [0.4, 0.5) is 0 Å². The van der Waals surface area contributed by atoms with Gasteiger partial charge in [-0.3, -0.25) is 9.59 Å². The Labute approximate surface area is 121 Å². The van der Waals surface area contributed by atoms with E-state index in [1.165, 1.54) is 0 Å². The Bertz CT molecular complexity index is 938. The first-order valence-corrected chi connectivity index (χ1v) is 6.73. The predicted octanol–water partition coefficient (Wildman–Crippen LogP) is 2.86. The first-order chi connectivity index (χ1) is 9.99. The molecule has 0 spiro atoms. The smallest absolute Gasteiger partial charge is 0.323 e. The topological polar surface area (TPSA) is 59.3 Å². The molecular weight excluding hydrogens is 266 g/mol. The lowest BCUT2D eigenvalue weighted by molar-refractivity contribution is -0.137. The number of nitrogens with zero attached hydrogens (tertiary/aromatic N) is 1. The zero-order valence-electron chi connectivity index (χ0n) is 11.9. The summed E-state index contributed by atoms with van der Waals surface area (Å²) >= 11 is 0. The summed E-state index contributed by atoms with van der Waals surface area (Å²) in [6, 6.07) is 11.0. The Morgan fingerprint density at radius 2 is 1.90 bits per heavy atom. The maximum Gasteiger partial charge on any atom is 0.323 e. The third-order valence-electron chi connectivity index (χ3n) is 3.73. The van der Waals surface area contributed by atoms with E-state index in [0.29, 0.717) is 21.8 Å². The second kappa shape index (κ2) is 4.74. The Balaban J connectivity index is 2.62. The average molecular weight is 281 g/mol. The number of pyridine rings is 1. The molecule has 4 heteroatoms. The highest BCUT2D eigenvalue weighted by Gasteiger charge is 2.14. The molecule has 0 aliphatic heterocycles. The first kappa shape index (κ1) is 13.4. The van der Waals surface area contributed by atoms with E-state index in [4.69, 9.17) is 0 Å². The van der Waals surface area contributed by atoms with Crippen molar-refractivity contribution in [3.63, 3.8) is 0 Å². The van der Waals surface area contributed by atoms with Crippen LogP contribution in [-0.2, 0) is 11.3 Å². The fourth-order valence-electron chi connectivity index (χ4n) is 2.82. The number of aliphatic carboxylic acids is 1. The van der Waals surface area contributed by atoms with Gasteiger partial charge in [0.05, 0.1) is 11.0 Å². The van der Waals surface area contributed by atoms with Crippen LogP contribution in [0.5, 0.6) is 0 Å². The van der Waals surface area contributed by atoms with Gasteiger partial charge in [0, 0.05) is 10.8 Å². The van der Waals surface area contributed by atoms with Crippen LogP contribution in [0.2, 0.25) is 0 Å². The van der Waals surface area contributed by atoms with E-state index < -0.39 is 5.97 Å². The number of para-hydroxylation sites is 1. The van der Waals surface area contributed by atoms with E-state index in [-0.39, 0.29) is 12.0 Å². The molecule has 106 valence electrons. The largest absolute Gasteiger partial charge is 0.480 e. The van der Waals surface area contributed by atoms with Crippen molar-refractivity contribution in [1.82, 2.24) is 4.57 Å². The van der Waals surface area contributed by atoms with Crippen molar-refractivity contribution in [3.05, 3.63) is 57.7 Å². The predicted molar refractivity (Wildman–Crippen MR) is 82.8 cm³/mol. The molecule has 3 aromatic rings. The van der Waals surface area contributed by atoms with Crippen molar-refractivity contribution < 1.29 is 9.90 Å². The van der Waals surface area contributed by atoms with Crippen molar-refractivity contribution in [2.75, 3.05) is 0 Å². The fourth-order valence-corrected chi connectivity index (χ4v) is 2.82. The number of hydrogen-bond acceptors (Lipinski definition) is 2. The van der Waals surface area contributed by atoms with E-state index in [9.17, 15) is 14.7 Å². The Morgan fingerprint density at radius 1 is 1.14 bits per heavy atom. The molecule has 0 unspecified atom stereocenters. The Hall–Kier alpha value is -2.62. The molecule has 0 atom stereocenters. The number of benzene rings is 2. The van der Waals surface area contributed by atoms with Gasteiger partial charge in [0.2, 0.25) is 0 Å². The Morgan fingerprint density at radius 3 is 2.62 bits per heavy atom. The molecular formula is C17H15NO3. The molecule has 0 saturated heterocycles. The van der Waals surface area contributed by atoms with Crippen molar-refractivity contribution in [3.8, 4) is 0 Å². The molecule has 0 fully saturated rings. The normalized spacial score (nSPS) is 11.1. The minimum atomic E-state index is -0.925. The molecule has 3 rings (SSSR count). The van der Waals surface area contributed by atoms with E-state index >= 15 is 0 Å². The third kappa shape index (κ3) is 2.09. The van der Waals surface area contributed by atoms with Gasteiger partial charge < -0.3 is 9.67 Å². The van der Waals surface area contributed by atoms with Gasteiger partial charge in [0.25, 0.3) is 0 Å². The van der Waals surface area contributed by atoms with Crippen LogP contribution in [-0.4, -0.2) is 15.6 Å². The number of carbonyl (C=O) groups is 1. The molecule has 0 radical (unpaired) electrons. The van der Waals surface area contributed by atoms with Crippen LogP contribution in [0.25, 0.3) is 21.8 Å². The summed E-state index contributed by atoms with van der Waals surface area (Å²) in [6.45, 7) is 3.65. The lowest BCUT2D eigenvalue weighted by Gasteiger charge is -2.15. The number of fused-ring (bicyclic) bond motifs is 2. The number of rotatable bonds is 2. The first-order valence-electron chi connectivity index (χ1n) is 6.73. The van der Waals surface area contributed by atoms with Crippen LogP contribution in [0.3, 0.4) is 0 Å². The van der Waals surface area contributed by atoms with Crippen molar-refractivity contribution in [2.24, 2.45) is 0 Å². The zero-order valence-corrected chi connectivity index (χ0v) is 11.9. The molecule has 2 aromatic carbocycles. The highest BCUT2D eigenvalue weighted by atomic mass is 16.4. The Kier molecular flexibility index (Phi) is 3.01. The van der Waals surface area contributed by atoms with Crippen molar-refractivity contribution >= 4 is 27.8 Å². The van der Waals surface area contributed by atoms with Gasteiger partial charge in [-0.15, -0.1) is 0 Å². The van der Waals surface area contributed by atoms with E-state index in [1.54, 1.807) is 16.7 Å². The molecule has 1 heterocycles. The fraction of sp³-hybridized carbons (Fsp3) is 0.176. The molecule has 0 aliphatic carbocycles. The van der Waals surface area contributed by atoms with Crippen molar-refractivity contribution in [1.29, 1.82) is 0 Å². The summed E-state index contributed by atoms with van der Waals surface area (Å²) in [6.07, 6.45) is 0. The van der Waals surface area contributed by atoms with Gasteiger partial charge in [0.15, 0.2) is 5.43 Å². The molecule has 1 N–H and O–H groups in total. The van der Waals surface area contributed by atoms with Gasteiger partial charge in [0.1, 0.15) is 6.54 Å². The minimum absolute atomic E-state index is 0.0506. The van der Waals surface area contributed by atoms with Crippen LogP contribution >= 0.6 is 0 Å². The maximum absolute atomic E-state index is 12.6. The number of carboxylic acid groups (broad SMARTS) is 1. The number of aryl methyl sites for hydroxylation is 2. The quantitative estimate of drug-likeness (QED) is 0.735. The van der Waals surface area contributed by atoms with Gasteiger partial charge in [-0.25, -0.2) is 0 Å². The summed E-state index contributed by atoms with van der Waals surface area (Å²) in [5, 5.41) is 10.3. The third-order valence-corrected chi connectivity index (χ3v) is 3.73. The van der Waals surface area contributed by atoms with Crippen LogP contribution in [0.15, 0.2) is 41.2 Å². The molecule has 0 bridgehead atoms. The number of aromatic nitrogens is 1. The molecule has 1 aromatic heterocycles. The van der Waals surface area contributed by atoms with E-state index in [2.05, 4.69) is 0 Å². The zero-order chi connectivity index (χ0) is 15.1. The summed E-state index contributed by atoms with van der Waals surface area (Å²) in [5.74, 6) is -0.925. The monoisotopic (exact) mass is 281 g/mol. The summed E-state index contributed by atoms with van der Waals surface area (Å²) in [7, 11) is 0. The van der Waals surface area contributed by atoms with Gasteiger partial charge >= 0.3 is 5.97 Å². The molecule has 21 heavy (non-hydrogen) atoms. The highest BCUT2D eigenvalue weighted by molar-refractivity contribution is 5.96. The van der Waals surface area contributed by atoms with Gasteiger partial charge in [-0.2, -0.15) is 0 Å². The van der Waals surface area contributed by atoms with E-state index in [1.807, 2.05) is 38.1 Å². The number of carboxylic acids is 1. The molecule has 0 aliphatic rings. The van der Waals surface area contributed by atoms with Crippen LogP contribution in [0, 0.1) is 13.8 Å². The average Bonchev–Trinajstić information content (AvgIpc) is 2.43. The van der Waals surface area contributed by atoms with E-state index in [0.717, 1.165) is 11.1 Å². The van der Waals surface area contributed by atoms with Gasteiger partial charge in [-0.1, -0.05) is 18.2 Å². The molecule has 0 saturated carbocycles. The van der Waals surface area contributed by atoms with Gasteiger partial charge in [-0.05, 0) is 43.2 Å². The number of hydrogen-bond donors (Lipinski definition) is 1. The van der Waals surface area contributed by atoms with Crippen LogP contribution in [0.1, 0.15) is 11.1 Å². The standard InChI is InChI=1S/C17H15NO3/c1-10-6-7-12-14(8-10)18(9-15(19)20)16-11(2)4-3-5-13(16)17(12)21/h3-8H,9H2,1-2H3,(H,19,20). The van der Waals surface area contributed by atoms with Crippen LogP contribution < -0.4 is 5.43 Å². The molecule has 0 amide bonds. The summed E-state index contributed by atoms with van der Waals surface area (Å²) in [4.78, 5) is 23.9. The van der Waals surface area contributed by atoms with Crippen molar-refractivity contribution in [2.45, 2.75) is 20.4 Å². The summed E-state index contributed by atoms with van der Waals surface area (Å²) in [5.41, 5.74) is 3.21. The lowest BCUT2D eigenvalue weighted by Crippen LogP contribution is -2.16. The summed E-state index contributed by atoms with van der Waals surface area (Å²) < 4.78 is 1.72. The molecule has 4 nitrogen and oxygen atoms in total. The maximum atomic E-state index is 12.6. The lowest BCUT2D eigenvalue weighted by atomic mass is 10.0. The SMILES string of the molecule is Cc1ccc2c(=O)c3cccc(C)c3n(CC(=O)O)c2c1.